The maximum absolute atomic E-state index is 12.2. The molecule has 0 saturated carbocycles. The number of benzene rings is 1. The molecular formula is C14H19BrN2O2. The highest BCUT2D eigenvalue weighted by Gasteiger charge is 2.31. The molecule has 0 aliphatic carbocycles. The van der Waals surface area contributed by atoms with Crippen LogP contribution >= 0.6 is 15.9 Å². The first-order valence-electron chi connectivity index (χ1n) is 6.38. The highest BCUT2D eigenvalue weighted by atomic mass is 79.9. The molecule has 1 amide bonds. The zero-order valence-electron chi connectivity index (χ0n) is 11.1. The summed E-state index contributed by atoms with van der Waals surface area (Å²) in [6.45, 7) is 4.43. The van der Waals surface area contributed by atoms with Crippen LogP contribution in [0.4, 0.5) is 0 Å². The first-order chi connectivity index (χ1) is 8.88. The van der Waals surface area contributed by atoms with Crippen molar-refractivity contribution in [3.63, 3.8) is 0 Å². The second-order valence-electron chi connectivity index (χ2n) is 5.47. The van der Waals surface area contributed by atoms with Crippen LogP contribution in [0.1, 0.15) is 25.8 Å². The standard InChI is InChI=1S/C14H19BrN2O2/c1-14(2,9-3-5-10(15)6-4-9)17-13(19)12-7-11(18)8-16-12/h3-6,11-12,16,18H,7-8H2,1-2H3,(H,17,19). The van der Waals surface area contributed by atoms with E-state index in [0.717, 1.165) is 10.0 Å². The summed E-state index contributed by atoms with van der Waals surface area (Å²) < 4.78 is 1.01. The molecule has 1 heterocycles. The Kier molecular flexibility index (Phi) is 4.28. The molecule has 0 bridgehead atoms. The molecule has 2 unspecified atom stereocenters. The van der Waals surface area contributed by atoms with Gasteiger partial charge in [-0.3, -0.25) is 4.79 Å². The van der Waals surface area contributed by atoms with Gasteiger partial charge in [-0.05, 0) is 38.0 Å². The maximum Gasteiger partial charge on any atom is 0.237 e. The molecule has 0 radical (unpaired) electrons. The molecule has 1 aliphatic heterocycles. The molecule has 4 nitrogen and oxygen atoms in total. The van der Waals surface area contributed by atoms with Crippen molar-refractivity contribution in [3.05, 3.63) is 34.3 Å². The van der Waals surface area contributed by atoms with Crippen LogP contribution in [0.15, 0.2) is 28.7 Å². The lowest BCUT2D eigenvalue weighted by atomic mass is 9.94. The number of hydrogen-bond donors (Lipinski definition) is 3. The van der Waals surface area contributed by atoms with Crippen molar-refractivity contribution in [2.24, 2.45) is 0 Å². The van der Waals surface area contributed by atoms with Crippen molar-refractivity contribution in [3.8, 4) is 0 Å². The van der Waals surface area contributed by atoms with Gasteiger partial charge in [0, 0.05) is 11.0 Å². The Bertz CT molecular complexity index is 459. The first kappa shape index (κ1) is 14.5. The van der Waals surface area contributed by atoms with E-state index in [9.17, 15) is 9.90 Å². The Morgan fingerprint density at radius 1 is 1.42 bits per heavy atom. The van der Waals surface area contributed by atoms with Gasteiger partial charge in [0.2, 0.25) is 5.91 Å². The van der Waals surface area contributed by atoms with Gasteiger partial charge in [-0.15, -0.1) is 0 Å². The molecule has 2 rings (SSSR count). The Morgan fingerprint density at radius 3 is 2.58 bits per heavy atom. The summed E-state index contributed by atoms with van der Waals surface area (Å²) in [6.07, 6.45) is 0.0500. The van der Waals surface area contributed by atoms with Gasteiger partial charge in [0.15, 0.2) is 0 Å². The quantitative estimate of drug-likeness (QED) is 0.789. The minimum Gasteiger partial charge on any atom is -0.392 e. The molecule has 0 aromatic heterocycles. The topological polar surface area (TPSA) is 61.4 Å². The lowest BCUT2D eigenvalue weighted by Gasteiger charge is -2.28. The highest BCUT2D eigenvalue weighted by molar-refractivity contribution is 9.10. The van der Waals surface area contributed by atoms with Gasteiger partial charge in [-0.1, -0.05) is 28.1 Å². The van der Waals surface area contributed by atoms with E-state index in [1.54, 1.807) is 0 Å². The lowest BCUT2D eigenvalue weighted by Crippen LogP contribution is -2.48. The molecule has 1 aliphatic rings. The fourth-order valence-corrected chi connectivity index (χ4v) is 2.51. The van der Waals surface area contributed by atoms with Crippen molar-refractivity contribution >= 4 is 21.8 Å². The van der Waals surface area contributed by atoms with E-state index in [1.807, 2.05) is 38.1 Å². The number of aliphatic hydroxyl groups is 1. The predicted octanol–water partition coefficient (Wildman–Crippen LogP) is 1.52. The number of halogens is 1. The van der Waals surface area contributed by atoms with E-state index in [-0.39, 0.29) is 11.9 Å². The summed E-state index contributed by atoms with van der Waals surface area (Å²) >= 11 is 3.40. The van der Waals surface area contributed by atoms with Gasteiger partial charge in [0.1, 0.15) is 0 Å². The van der Waals surface area contributed by atoms with Gasteiger partial charge in [-0.25, -0.2) is 0 Å². The fraction of sp³-hybridized carbons (Fsp3) is 0.500. The van der Waals surface area contributed by atoms with E-state index in [0.29, 0.717) is 13.0 Å². The molecule has 104 valence electrons. The van der Waals surface area contributed by atoms with E-state index >= 15 is 0 Å². The number of β-amino-alcohol motifs (C(OH)–C–C–N with tert-alkyl or cyclic N) is 1. The van der Waals surface area contributed by atoms with Crippen LogP contribution in [0.5, 0.6) is 0 Å². The Balaban J connectivity index is 2.04. The van der Waals surface area contributed by atoms with Crippen molar-refractivity contribution in [2.75, 3.05) is 6.54 Å². The second-order valence-corrected chi connectivity index (χ2v) is 6.39. The molecular weight excluding hydrogens is 308 g/mol. The average molecular weight is 327 g/mol. The van der Waals surface area contributed by atoms with Crippen molar-refractivity contribution in [1.82, 2.24) is 10.6 Å². The van der Waals surface area contributed by atoms with Gasteiger partial charge in [0.05, 0.1) is 17.7 Å². The van der Waals surface area contributed by atoms with E-state index < -0.39 is 11.6 Å². The first-order valence-corrected chi connectivity index (χ1v) is 7.17. The highest BCUT2D eigenvalue weighted by Crippen LogP contribution is 2.22. The number of carbonyl (C=O) groups is 1. The minimum absolute atomic E-state index is 0.0653. The van der Waals surface area contributed by atoms with Crippen molar-refractivity contribution in [1.29, 1.82) is 0 Å². The smallest absolute Gasteiger partial charge is 0.237 e. The molecule has 1 fully saturated rings. The minimum atomic E-state index is -0.437. The predicted molar refractivity (Wildman–Crippen MR) is 77.7 cm³/mol. The van der Waals surface area contributed by atoms with Crippen molar-refractivity contribution in [2.45, 2.75) is 38.0 Å². The zero-order valence-corrected chi connectivity index (χ0v) is 12.7. The average Bonchev–Trinajstić information content (AvgIpc) is 2.76. The zero-order chi connectivity index (χ0) is 14.0. The normalized spacial score (nSPS) is 23.4. The SMILES string of the molecule is CC(C)(NC(=O)C1CC(O)CN1)c1ccc(Br)cc1. The third-order valence-corrected chi connectivity index (χ3v) is 3.95. The summed E-state index contributed by atoms with van der Waals surface area (Å²) in [5.41, 5.74) is 0.607. The van der Waals surface area contributed by atoms with Gasteiger partial charge in [-0.2, -0.15) is 0 Å². The summed E-state index contributed by atoms with van der Waals surface area (Å²) in [4.78, 5) is 12.2. The van der Waals surface area contributed by atoms with Crippen LogP contribution in [-0.2, 0) is 10.3 Å². The third kappa shape index (κ3) is 3.55. The Morgan fingerprint density at radius 2 is 2.05 bits per heavy atom. The number of rotatable bonds is 3. The molecule has 1 aromatic rings. The Labute approximate surface area is 121 Å². The molecule has 2 atom stereocenters. The second kappa shape index (κ2) is 5.61. The maximum atomic E-state index is 12.2. The summed E-state index contributed by atoms with van der Waals surface area (Å²) in [6, 6.07) is 7.59. The summed E-state index contributed by atoms with van der Waals surface area (Å²) in [5, 5.41) is 15.5. The van der Waals surface area contributed by atoms with E-state index in [2.05, 4.69) is 26.6 Å². The van der Waals surface area contributed by atoms with Gasteiger partial charge in [0.25, 0.3) is 0 Å². The number of carbonyl (C=O) groups excluding carboxylic acids is 1. The van der Waals surface area contributed by atoms with Gasteiger partial charge >= 0.3 is 0 Å². The third-order valence-electron chi connectivity index (χ3n) is 3.43. The lowest BCUT2D eigenvalue weighted by molar-refractivity contribution is -0.124. The van der Waals surface area contributed by atoms with Crippen LogP contribution in [0.25, 0.3) is 0 Å². The number of aliphatic hydroxyl groups excluding tert-OH is 1. The monoisotopic (exact) mass is 326 g/mol. The van der Waals surface area contributed by atoms with Crippen LogP contribution in [0.3, 0.4) is 0 Å². The van der Waals surface area contributed by atoms with Crippen LogP contribution in [0.2, 0.25) is 0 Å². The van der Waals surface area contributed by atoms with Gasteiger partial charge < -0.3 is 15.7 Å². The molecule has 3 N–H and O–H groups in total. The number of amides is 1. The number of nitrogens with one attached hydrogen (secondary N) is 2. The molecule has 0 spiro atoms. The van der Waals surface area contributed by atoms with Crippen LogP contribution in [0, 0.1) is 0 Å². The molecule has 1 aromatic carbocycles. The van der Waals surface area contributed by atoms with Crippen LogP contribution < -0.4 is 10.6 Å². The van der Waals surface area contributed by atoms with Crippen LogP contribution in [-0.4, -0.2) is 29.7 Å². The van der Waals surface area contributed by atoms with E-state index in [1.165, 1.54) is 0 Å². The summed E-state index contributed by atoms with van der Waals surface area (Å²) in [7, 11) is 0. The molecule has 1 saturated heterocycles. The Hall–Kier alpha value is -0.910. The van der Waals surface area contributed by atoms with E-state index in [4.69, 9.17) is 0 Å². The summed E-state index contributed by atoms with van der Waals surface area (Å²) in [5.74, 6) is -0.0653. The molecule has 5 heteroatoms. The molecule has 19 heavy (non-hydrogen) atoms. The fourth-order valence-electron chi connectivity index (χ4n) is 2.25. The van der Waals surface area contributed by atoms with Crippen molar-refractivity contribution < 1.29 is 9.90 Å². The largest absolute Gasteiger partial charge is 0.392 e. The number of hydrogen-bond acceptors (Lipinski definition) is 3.